The zero-order valence-corrected chi connectivity index (χ0v) is 10.5. The molecule has 1 aromatic carbocycles. The number of methoxy groups -OCH3 is 1. The molecule has 1 unspecified atom stereocenters. The van der Waals surface area contributed by atoms with Crippen LogP contribution in [0.1, 0.15) is 18.4 Å². The molecule has 1 aromatic rings. The van der Waals surface area contributed by atoms with Crippen LogP contribution in [0.2, 0.25) is 0 Å². The second-order valence-corrected chi connectivity index (χ2v) is 4.28. The van der Waals surface area contributed by atoms with Crippen LogP contribution in [-0.2, 0) is 11.2 Å². The van der Waals surface area contributed by atoms with Gasteiger partial charge in [0.25, 0.3) is 0 Å². The molecule has 0 aromatic heterocycles. The summed E-state index contributed by atoms with van der Waals surface area (Å²) in [7, 11) is 1.61. The van der Waals surface area contributed by atoms with Crippen LogP contribution in [0.25, 0.3) is 0 Å². The third kappa shape index (κ3) is 3.14. The van der Waals surface area contributed by atoms with E-state index in [1.54, 1.807) is 7.11 Å². The van der Waals surface area contributed by atoms with Gasteiger partial charge in [-0.2, -0.15) is 5.26 Å². The van der Waals surface area contributed by atoms with E-state index in [1.807, 2.05) is 18.2 Å². The van der Waals surface area contributed by atoms with Crippen molar-refractivity contribution in [2.45, 2.75) is 25.4 Å². The molecule has 0 amide bonds. The fraction of sp³-hybridized carbons (Fsp3) is 0.500. The van der Waals surface area contributed by atoms with Crippen molar-refractivity contribution in [1.29, 1.82) is 5.26 Å². The Morgan fingerprint density at radius 2 is 2.33 bits per heavy atom. The minimum Gasteiger partial charge on any atom is -0.493 e. The average Bonchev–Trinajstić information content (AvgIpc) is 2.42. The molecule has 4 heteroatoms. The van der Waals surface area contributed by atoms with E-state index in [2.05, 4.69) is 6.07 Å². The maximum Gasteiger partial charge on any atom is 0.161 e. The summed E-state index contributed by atoms with van der Waals surface area (Å²) in [4.78, 5) is 0. The zero-order valence-electron chi connectivity index (χ0n) is 10.5. The first-order valence-corrected chi connectivity index (χ1v) is 6.11. The van der Waals surface area contributed by atoms with E-state index < -0.39 is 0 Å². The molecule has 0 spiro atoms. The van der Waals surface area contributed by atoms with Gasteiger partial charge in [-0.25, -0.2) is 0 Å². The van der Waals surface area contributed by atoms with Crippen molar-refractivity contribution >= 4 is 0 Å². The molecule has 1 atom stereocenters. The summed E-state index contributed by atoms with van der Waals surface area (Å²) in [6.07, 6.45) is 2.50. The van der Waals surface area contributed by atoms with E-state index >= 15 is 0 Å². The molecule has 1 aliphatic heterocycles. The highest BCUT2D eigenvalue weighted by Crippen LogP contribution is 2.30. The predicted octanol–water partition coefficient (Wildman–Crippen LogP) is 2.32. The van der Waals surface area contributed by atoms with Gasteiger partial charge in [0.15, 0.2) is 11.5 Å². The van der Waals surface area contributed by atoms with Crippen LogP contribution >= 0.6 is 0 Å². The smallest absolute Gasteiger partial charge is 0.161 e. The first kappa shape index (κ1) is 12.7. The lowest BCUT2D eigenvalue weighted by molar-refractivity contribution is 0.00643. The van der Waals surface area contributed by atoms with E-state index in [0.717, 1.165) is 30.8 Å². The highest BCUT2D eigenvalue weighted by molar-refractivity contribution is 5.43. The van der Waals surface area contributed by atoms with Crippen LogP contribution in [0, 0.1) is 11.3 Å². The molecule has 1 saturated heterocycles. The highest BCUT2D eigenvalue weighted by Gasteiger charge is 2.17. The van der Waals surface area contributed by atoms with Crippen molar-refractivity contribution in [3.8, 4) is 17.6 Å². The number of hydrogen-bond donors (Lipinski definition) is 0. The Kier molecular flexibility index (Phi) is 4.43. The summed E-state index contributed by atoms with van der Waals surface area (Å²) < 4.78 is 16.6. The van der Waals surface area contributed by atoms with Crippen LogP contribution in [0.5, 0.6) is 11.5 Å². The van der Waals surface area contributed by atoms with Gasteiger partial charge < -0.3 is 14.2 Å². The molecule has 1 heterocycles. The van der Waals surface area contributed by atoms with Gasteiger partial charge in [0.1, 0.15) is 6.10 Å². The fourth-order valence-electron chi connectivity index (χ4n) is 1.99. The monoisotopic (exact) mass is 247 g/mol. The van der Waals surface area contributed by atoms with Gasteiger partial charge in [0.2, 0.25) is 0 Å². The van der Waals surface area contributed by atoms with Gasteiger partial charge in [0, 0.05) is 6.61 Å². The van der Waals surface area contributed by atoms with Crippen molar-refractivity contribution < 1.29 is 14.2 Å². The van der Waals surface area contributed by atoms with E-state index in [4.69, 9.17) is 19.5 Å². The summed E-state index contributed by atoms with van der Waals surface area (Å²) in [5, 5.41) is 8.68. The van der Waals surface area contributed by atoms with Crippen molar-refractivity contribution in [1.82, 2.24) is 0 Å². The third-order valence-electron chi connectivity index (χ3n) is 2.92. The zero-order chi connectivity index (χ0) is 12.8. The Labute approximate surface area is 107 Å². The summed E-state index contributed by atoms with van der Waals surface area (Å²) in [5.41, 5.74) is 0.932. The van der Waals surface area contributed by atoms with E-state index in [9.17, 15) is 0 Å². The molecule has 0 aliphatic carbocycles. The molecule has 1 aliphatic rings. The molecule has 4 nitrogen and oxygen atoms in total. The molecule has 1 fully saturated rings. The van der Waals surface area contributed by atoms with Gasteiger partial charge in [0.05, 0.1) is 26.2 Å². The predicted molar refractivity (Wildman–Crippen MR) is 66.8 cm³/mol. The van der Waals surface area contributed by atoms with E-state index in [0.29, 0.717) is 18.8 Å². The maximum absolute atomic E-state index is 8.68. The second-order valence-electron chi connectivity index (χ2n) is 4.28. The van der Waals surface area contributed by atoms with Gasteiger partial charge in [-0.1, -0.05) is 6.07 Å². The van der Waals surface area contributed by atoms with Gasteiger partial charge in [-0.15, -0.1) is 0 Å². The minimum absolute atomic E-state index is 0.0921. The Hall–Kier alpha value is -1.73. The maximum atomic E-state index is 8.68. The lowest BCUT2D eigenvalue weighted by Gasteiger charge is -2.24. The average molecular weight is 247 g/mol. The number of hydrogen-bond acceptors (Lipinski definition) is 4. The van der Waals surface area contributed by atoms with E-state index in [1.165, 1.54) is 0 Å². The van der Waals surface area contributed by atoms with Crippen molar-refractivity contribution in [2.75, 3.05) is 20.3 Å². The summed E-state index contributed by atoms with van der Waals surface area (Å²) >= 11 is 0. The molecule has 0 radical (unpaired) electrons. The number of nitriles is 1. The van der Waals surface area contributed by atoms with Gasteiger partial charge >= 0.3 is 0 Å². The molecular weight excluding hydrogens is 230 g/mol. The van der Waals surface area contributed by atoms with Crippen LogP contribution in [0.15, 0.2) is 18.2 Å². The Morgan fingerprint density at radius 3 is 3.00 bits per heavy atom. The first-order chi connectivity index (χ1) is 8.83. The van der Waals surface area contributed by atoms with Crippen LogP contribution in [0.3, 0.4) is 0 Å². The van der Waals surface area contributed by atoms with Crippen molar-refractivity contribution in [2.24, 2.45) is 0 Å². The number of benzene rings is 1. The second kappa shape index (κ2) is 6.27. The number of ether oxygens (including phenoxy) is 3. The Bertz CT molecular complexity index is 433. The summed E-state index contributed by atoms with van der Waals surface area (Å²) in [5.74, 6) is 1.39. The molecule has 0 saturated carbocycles. The van der Waals surface area contributed by atoms with Crippen LogP contribution < -0.4 is 9.47 Å². The van der Waals surface area contributed by atoms with E-state index in [-0.39, 0.29) is 6.10 Å². The topological polar surface area (TPSA) is 51.5 Å². The molecule has 18 heavy (non-hydrogen) atoms. The lowest BCUT2D eigenvalue weighted by atomic mass is 10.1. The quantitative estimate of drug-likeness (QED) is 0.819. The minimum atomic E-state index is 0.0921. The Morgan fingerprint density at radius 1 is 1.44 bits per heavy atom. The fourth-order valence-corrected chi connectivity index (χ4v) is 1.99. The van der Waals surface area contributed by atoms with Crippen LogP contribution in [-0.4, -0.2) is 26.4 Å². The number of rotatable bonds is 4. The SMILES string of the molecule is COc1cc(CC#N)ccc1OC1CCCOC1. The number of nitrogens with zero attached hydrogens (tertiary/aromatic N) is 1. The van der Waals surface area contributed by atoms with Gasteiger partial charge in [-0.3, -0.25) is 0 Å². The molecule has 0 N–H and O–H groups in total. The van der Waals surface area contributed by atoms with Gasteiger partial charge in [-0.05, 0) is 30.5 Å². The van der Waals surface area contributed by atoms with Crippen molar-refractivity contribution in [3.05, 3.63) is 23.8 Å². The lowest BCUT2D eigenvalue weighted by Crippen LogP contribution is -2.28. The standard InChI is InChI=1S/C14H17NO3/c1-16-14-9-11(6-7-15)4-5-13(14)18-12-3-2-8-17-10-12/h4-5,9,12H,2-3,6,8,10H2,1H3. The summed E-state index contributed by atoms with van der Waals surface area (Å²) in [6.45, 7) is 1.45. The molecule has 2 rings (SSSR count). The largest absolute Gasteiger partial charge is 0.493 e. The molecule has 0 bridgehead atoms. The first-order valence-electron chi connectivity index (χ1n) is 6.11. The summed E-state index contributed by atoms with van der Waals surface area (Å²) in [6, 6.07) is 7.72. The van der Waals surface area contributed by atoms with Crippen LogP contribution in [0.4, 0.5) is 0 Å². The normalized spacial score (nSPS) is 19.0. The molecular formula is C14H17NO3. The molecule has 96 valence electrons. The Balaban J connectivity index is 2.09. The third-order valence-corrected chi connectivity index (χ3v) is 2.92. The van der Waals surface area contributed by atoms with Crippen molar-refractivity contribution in [3.63, 3.8) is 0 Å². The highest BCUT2D eigenvalue weighted by atomic mass is 16.5.